The molecule has 3 heteroatoms. The summed E-state index contributed by atoms with van der Waals surface area (Å²) in [5, 5.41) is 10.4. The van der Waals surface area contributed by atoms with Gasteiger partial charge < -0.3 is 9.84 Å². The first-order valence-corrected chi connectivity index (χ1v) is 5.49. The van der Waals surface area contributed by atoms with Crippen molar-refractivity contribution in [1.29, 1.82) is 0 Å². The summed E-state index contributed by atoms with van der Waals surface area (Å²) < 4.78 is 5.13. The highest BCUT2D eigenvalue weighted by molar-refractivity contribution is 5.87. The van der Waals surface area contributed by atoms with E-state index >= 15 is 0 Å². The Kier molecular flexibility index (Phi) is 2.72. The number of fused-ring (bicyclic) bond motifs is 1. The van der Waals surface area contributed by atoms with Gasteiger partial charge >= 0.3 is 0 Å². The van der Waals surface area contributed by atoms with Crippen molar-refractivity contribution < 1.29 is 14.6 Å². The molecule has 0 fully saturated rings. The summed E-state index contributed by atoms with van der Waals surface area (Å²) in [6.07, 6.45) is 2.26. The molecule has 0 aliphatic heterocycles. The minimum atomic E-state index is -1.32. The SMILES string of the molecule is COc1ccc2c(c1)C(O)(C(C)=O)CCC2. The van der Waals surface area contributed by atoms with Gasteiger partial charge in [-0.2, -0.15) is 0 Å². The number of aliphatic hydroxyl groups is 1. The maximum Gasteiger partial charge on any atom is 0.165 e. The molecule has 0 bridgehead atoms. The maximum atomic E-state index is 11.6. The topological polar surface area (TPSA) is 46.5 Å². The molecule has 0 aromatic heterocycles. The van der Waals surface area contributed by atoms with Crippen molar-refractivity contribution in [3.05, 3.63) is 29.3 Å². The largest absolute Gasteiger partial charge is 0.497 e. The summed E-state index contributed by atoms with van der Waals surface area (Å²) in [5.74, 6) is 0.488. The fraction of sp³-hybridized carbons (Fsp3) is 0.462. The molecule has 0 saturated heterocycles. The van der Waals surface area contributed by atoms with Crippen LogP contribution >= 0.6 is 0 Å². The summed E-state index contributed by atoms with van der Waals surface area (Å²) in [6.45, 7) is 1.44. The van der Waals surface area contributed by atoms with Crippen LogP contribution in [0.3, 0.4) is 0 Å². The van der Waals surface area contributed by atoms with Gasteiger partial charge in [0.05, 0.1) is 7.11 Å². The van der Waals surface area contributed by atoms with Gasteiger partial charge in [0.25, 0.3) is 0 Å². The van der Waals surface area contributed by atoms with Gasteiger partial charge in [0, 0.05) is 0 Å². The van der Waals surface area contributed by atoms with Crippen LogP contribution in [0.25, 0.3) is 0 Å². The normalized spacial score (nSPS) is 23.7. The molecule has 0 radical (unpaired) electrons. The van der Waals surface area contributed by atoms with Crippen LogP contribution in [-0.2, 0) is 16.8 Å². The highest BCUT2D eigenvalue weighted by Crippen LogP contribution is 2.37. The molecule has 0 amide bonds. The molecule has 1 N–H and O–H groups in total. The van der Waals surface area contributed by atoms with Gasteiger partial charge in [0.2, 0.25) is 0 Å². The molecule has 3 nitrogen and oxygen atoms in total. The average Bonchev–Trinajstić information content (AvgIpc) is 2.29. The average molecular weight is 220 g/mol. The number of ketones is 1. The number of hydrogen-bond donors (Lipinski definition) is 1. The number of methoxy groups -OCH3 is 1. The predicted molar refractivity (Wildman–Crippen MR) is 60.5 cm³/mol. The summed E-state index contributed by atoms with van der Waals surface area (Å²) in [6, 6.07) is 5.57. The molecule has 2 rings (SSSR count). The third-order valence-corrected chi connectivity index (χ3v) is 3.33. The third-order valence-electron chi connectivity index (χ3n) is 3.33. The van der Waals surface area contributed by atoms with E-state index in [1.54, 1.807) is 13.2 Å². The highest BCUT2D eigenvalue weighted by Gasteiger charge is 2.38. The first kappa shape index (κ1) is 11.1. The zero-order valence-corrected chi connectivity index (χ0v) is 9.62. The molecule has 1 aromatic carbocycles. The van der Waals surface area contributed by atoms with Crippen LogP contribution in [0, 0.1) is 0 Å². The Morgan fingerprint density at radius 3 is 2.88 bits per heavy atom. The number of Topliss-reactive ketones (excluding diaryl/α,β-unsaturated/α-hetero) is 1. The molecule has 0 saturated carbocycles. The van der Waals surface area contributed by atoms with Crippen molar-refractivity contribution in [2.75, 3.05) is 7.11 Å². The molecule has 1 atom stereocenters. The van der Waals surface area contributed by atoms with Crippen LogP contribution in [0.5, 0.6) is 5.75 Å². The quantitative estimate of drug-likeness (QED) is 0.826. The van der Waals surface area contributed by atoms with E-state index in [4.69, 9.17) is 4.74 Å². The fourth-order valence-corrected chi connectivity index (χ4v) is 2.32. The van der Waals surface area contributed by atoms with Gasteiger partial charge in [0.15, 0.2) is 5.78 Å². The summed E-state index contributed by atoms with van der Waals surface area (Å²) in [5.41, 5.74) is 0.442. The molecular weight excluding hydrogens is 204 g/mol. The Balaban J connectivity index is 2.55. The number of carbonyl (C=O) groups is 1. The Morgan fingerprint density at radius 2 is 2.25 bits per heavy atom. The molecule has 86 valence electrons. The zero-order chi connectivity index (χ0) is 11.8. The van der Waals surface area contributed by atoms with E-state index in [-0.39, 0.29) is 5.78 Å². The van der Waals surface area contributed by atoms with Crippen molar-refractivity contribution >= 4 is 5.78 Å². The lowest BCUT2D eigenvalue weighted by molar-refractivity contribution is -0.137. The molecule has 0 spiro atoms. The first-order valence-electron chi connectivity index (χ1n) is 5.49. The zero-order valence-electron chi connectivity index (χ0n) is 9.62. The van der Waals surface area contributed by atoms with Gasteiger partial charge in [-0.25, -0.2) is 0 Å². The van der Waals surface area contributed by atoms with E-state index < -0.39 is 5.60 Å². The molecule has 16 heavy (non-hydrogen) atoms. The summed E-state index contributed by atoms with van der Waals surface area (Å²) in [7, 11) is 1.58. The maximum absolute atomic E-state index is 11.6. The number of rotatable bonds is 2. The summed E-state index contributed by atoms with van der Waals surface area (Å²) in [4.78, 5) is 11.6. The second kappa shape index (κ2) is 3.91. The van der Waals surface area contributed by atoms with Crippen LogP contribution in [0.4, 0.5) is 0 Å². The van der Waals surface area contributed by atoms with E-state index in [9.17, 15) is 9.90 Å². The van der Waals surface area contributed by atoms with Crippen molar-refractivity contribution in [2.24, 2.45) is 0 Å². The first-order chi connectivity index (χ1) is 7.58. The van der Waals surface area contributed by atoms with E-state index in [1.807, 2.05) is 12.1 Å². The third kappa shape index (κ3) is 1.61. The number of aryl methyl sites for hydroxylation is 1. The van der Waals surface area contributed by atoms with E-state index in [0.29, 0.717) is 17.7 Å². The minimum Gasteiger partial charge on any atom is -0.497 e. The number of ether oxygens (including phenoxy) is 1. The fourth-order valence-electron chi connectivity index (χ4n) is 2.32. The standard InChI is InChI=1S/C13H16O3/c1-9(14)13(15)7-3-4-10-5-6-11(16-2)8-12(10)13/h5-6,8,15H,3-4,7H2,1-2H3. The van der Waals surface area contributed by atoms with Crippen molar-refractivity contribution in [1.82, 2.24) is 0 Å². The Morgan fingerprint density at radius 1 is 1.50 bits per heavy atom. The lowest BCUT2D eigenvalue weighted by Gasteiger charge is -2.32. The van der Waals surface area contributed by atoms with Crippen LogP contribution in [0.1, 0.15) is 30.9 Å². The summed E-state index contributed by atoms with van der Waals surface area (Å²) >= 11 is 0. The van der Waals surface area contributed by atoms with Gasteiger partial charge in [-0.15, -0.1) is 0 Å². The van der Waals surface area contributed by atoms with Crippen molar-refractivity contribution in [3.63, 3.8) is 0 Å². The van der Waals surface area contributed by atoms with Crippen LogP contribution in [0.2, 0.25) is 0 Å². The molecule has 1 aliphatic carbocycles. The molecular formula is C13H16O3. The number of benzene rings is 1. The molecule has 1 aliphatic rings. The lowest BCUT2D eigenvalue weighted by Crippen LogP contribution is -2.37. The lowest BCUT2D eigenvalue weighted by atomic mass is 9.77. The van der Waals surface area contributed by atoms with Crippen molar-refractivity contribution in [2.45, 2.75) is 31.8 Å². The second-order valence-corrected chi connectivity index (χ2v) is 4.29. The number of carbonyl (C=O) groups excluding carboxylic acids is 1. The van der Waals surface area contributed by atoms with E-state index in [1.165, 1.54) is 6.92 Å². The smallest absolute Gasteiger partial charge is 0.165 e. The van der Waals surface area contributed by atoms with Crippen LogP contribution in [-0.4, -0.2) is 18.0 Å². The van der Waals surface area contributed by atoms with Gasteiger partial charge in [-0.05, 0) is 49.4 Å². The van der Waals surface area contributed by atoms with Gasteiger partial charge in [-0.1, -0.05) is 6.07 Å². The Hall–Kier alpha value is -1.35. The predicted octanol–water partition coefficient (Wildman–Crippen LogP) is 1.81. The minimum absolute atomic E-state index is 0.193. The van der Waals surface area contributed by atoms with E-state index in [2.05, 4.69) is 0 Å². The van der Waals surface area contributed by atoms with Gasteiger partial charge in [0.1, 0.15) is 11.4 Å². The molecule has 1 aromatic rings. The highest BCUT2D eigenvalue weighted by atomic mass is 16.5. The van der Waals surface area contributed by atoms with Crippen LogP contribution < -0.4 is 4.74 Å². The van der Waals surface area contributed by atoms with Crippen LogP contribution in [0.15, 0.2) is 18.2 Å². The Labute approximate surface area is 95.0 Å². The van der Waals surface area contributed by atoms with Crippen molar-refractivity contribution in [3.8, 4) is 5.75 Å². The van der Waals surface area contributed by atoms with Gasteiger partial charge in [-0.3, -0.25) is 4.79 Å². The second-order valence-electron chi connectivity index (χ2n) is 4.29. The molecule has 0 heterocycles. The monoisotopic (exact) mass is 220 g/mol. The molecule has 1 unspecified atom stereocenters. The number of hydrogen-bond acceptors (Lipinski definition) is 3. The van der Waals surface area contributed by atoms with E-state index in [0.717, 1.165) is 18.4 Å². The Bertz CT molecular complexity index is 425.